The molecule has 0 spiro atoms. The van der Waals surface area contributed by atoms with E-state index < -0.39 is 5.97 Å². The molecule has 0 aromatic carbocycles. The minimum absolute atomic E-state index is 0.0177. The van der Waals surface area contributed by atoms with Crippen LogP contribution in [0.1, 0.15) is 5.56 Å². The molecule has 0 saturated heterocycles. The summed E-state index contributed by atoms with van der Waals surface area (Å²) in [6.07, 6.45) is 2.71. The first-order valence-electron chi connectivity index (χ1n) is 3.08. The lowest BCUT2D eigenvalue weighted by molar-refractivity contribution is -0.143. The highest BCUT2D eigenvalue weighted by Crippen LogP contribution is 2.10. The number of hydrogen-bond acceptors (Lipinski definition) is 5. The molecule has 0 aliphatic heterocycles. The van der Waals surface area contributed by atoms with Gasteiger partial charge in [-0.3, -0.25) is 4.79 Å². The van der Waals surface area contributed by atoms with Gasteiger partial charge in [-0.25, -0.2) is 9.97 Å². The summed E-state index contributed by atoms with van der Waals surface area (Å²) in [4.78, 5) is 22.0. The topological polar surface area (TPSA) is 78.1 Å². The van der Waals surface area contributed by atoms with Crippen molar-refractivity contribution in [2.45, 2.75) is 6.42 Å². The Morgan fingerprint density at radius 1 is 1.75 bits per heavy atom. The van der Waals surface area contributed by atoms with Gasteiger partial charge in [0.05, 0.1) is 6.42 Å². The van der Waals surface area contributed by atoms with E-state index in [2.05, 4.69) is 20.7 Å². The third kappa shape index (κ3) is 2.14. The van der Waals surface area contributed by atoms with Crippen molar-refractivity contribution < 1.29 is 9.63 Å². The van der Waals surface area contributed by atoms with Crippen LogP contribution in [0.25, 0.3) is 0 Å². The molecule has 0 aliphatic rings. The van der Waals surface area contributed by atoms with E-state index >= 15 is 0 Å². The summed E-state index contributed by atoms with van der Waals surface area (Å²) in [5, 5.41) is 0.232. The zero-order valence-corrected chi connectivity index (χ0v) is 6.78. The third-order valence-corrected chi connectivity index (χ3v) is 1.54. The van der Waals surface area contributed by atoms with E-state index in [4.69, 9.17) is 11.6 Å². The van der Waals surface area contributed by atoms with Gasteiger partial charge < -0.3 is 4.84 Å². The molecule has 1 aromatic rings. The molecule has 2 N–H and O–H groups in total. The quantitative estimate of drug-likeness (QED) is 0.525. The first kappa shape index (κ1) is 8.89. The van der Waals surface area contributed by atoms with Crippen molar-refractivity contribution in [2.75, 3.05) is 0 Å². The van der Waals surface area contributed by atoms with E-state index in [1.165, 1.54) is 12.5 Å². The summed E-state index contributed by atoms with van der Waals surface area (Å²) in [5.74, 6) is 4.06. The third-order valence-electron chi connectivity index (χ3n) is 1.20. The minimum Gasteiger partial charge on any atom is -0.373 e. The van der Waals surface area contributed by atoms with Crippen molar-refractivity contribution in [2.24, 2.45) is 5.90 Å². The summed E-state index contributed by atoms with van der Waals surface area (Å²) in [7, 11) is 0. The summed E-state index contributed by atoms with van der Waals surface area (Å²) >= 11 is 5.63. The Bertz CT molecular complexity index is 292. The molecule has 0 atom stereocenters. The fraction of sp³-hybridized carbons (Fsp3) is 0.167. The lowest BCUT2D eigenvalue weighted by Crippen LogP contribution is -2.13. The van der Waals surface area contributed by atoms with Crippen molar-refractivity contribution in [1.82, 2.24) is 9.97 Å². The van der Waals surface area contributed by atoms with Crippen molar-refractivity contribution in [3.05, 3.63) is 23.2 Å². The van der Waals surface area contributed by atoms with Crippen LogP contribution in [-0.4, -0.2) is 15.9 Å². The SMILES string of the molecule is NOC(=O)Cc1cncnc1Cl. The van der Waals surface area contributed by atoms with E-state index in [9.17, 15) is 4.79 Å². The molecule has 0 amide bonds. The van der Waals surface area contributed by atoms with Crippen LogP contribution in [0, 0.1) is 0 Å². The van der Waals surface area contributed by atoms with Gasteiger partial charge in [-0.05, 0) is 0 Å². The Kier molecular flexibility index (Phi) is 2.95. The molecule has 1 heterocycles. The normalized spacial score (nSPS) is 9.50. The summed E-state index contributed by atoms with van der Waals surface area (Å²) in [6.45, 7) is 0. The van der Waals surface area contributed by atoms with E-state index in [1.807, 2.05) is 0 Å². The number of hydrogen-bond donors (Lipinski definition) is 1. The van der Waals surface area contributed by atoms with Gasteiger partial charge in [0, 0.05) is 11.8 Å². The van der Waals surface area contributed by atoms with Gasteiger partial charge in [0.25, 0.3) is 0 Å². The fourth-order valence-electron chi connectivity index (χ4n) is 0.659. The molecule has 12 heavy (non-hydrogen) atoms. The molecule has 1 aromatic heterocycles. The summed E-state index contributed by atoms with van der Waals surface area (Å²) < 4.78 is 0. The molecule has 64 valence electrons. The second-order valence-electron chi connectivity index (χ2n) is 2.01. The largest absolute Gasteiger partial charge is 0.373 e. The number of nitrogens with zero attached hydrogens (tertiary/aromatic N) is 2. The van der Waals surface area contributed by atoms with Crippen LogP contribution < -0.4 is 5.90 Å². The van der Waals surface area contributed by atoms with Crippen molar-refractivity contribution in [1.29, 1.82) is 0 Å². The average Bonchev–Trinajstić information content (AvgIpc) is 2.09. The molecule has 5 nitrogen and oxygen atoms in total. The van der Waals surface area contributed by atoms with Gasteiger partial charge in [-0.1, -0.05) is 11.6 Å². The minimum atomic E-state index is -0.577. The number of halogens is 1. The van der Waals surface area contributed by atoms with Gasteiger partial charge in [-0.2, -0.15) is 5.90 Å². The number of carbonyl (C=O) groups is 1. The lowest BCUT2D eigenvalue weighted by atomic mass is 10.2. The Labute approximate surface area is 73.5 Å². The fourth-order valence-corrected chi connectivity index (χ4v) is 0.819. The van der Waals surface area contributed by atoms with Crippen molar-refractivity contribution in [3.63, 3.8) is 0 Å². The predicted molar refractivity (Wildman–Crippen MR) is 41.0 cm³/mol. The number of rotatable bonds is 2. The highest BCUT2D eigenvalue weighted by atomic mass is 35.5. The molecule has 0 bridgehead atoms. The first-order valence-corrected chi connectivity index (χ1v) is 3.45. The molecule has 6 heteroatoms. The van der Waals surface area contributed by atoms with Crippen LogP contribution in [0.4, 0.5) is 0 Å². The van der Waals surface area contributed by atoms with Gasteiger partial charge >= 0.3 is 5.97 Å². The molecular formula is C6H6ClN3O2. The number of aromatic nitrogens is 2. The lowest BCUT2D eigenvalue weighted by Gasteiger charge is -1.98. The zero-order valence-electron chi connectivity index (χ0n) is 6.03. The summed E-state index contributed by atoms with van der Waals surface area (Å²) in [5.41, 5.74) is 0.495. The average molecular weight is 188 g/mol. The molecule has 0 unspecified atom stereocenters. The van der Waals surface area contributed by atoms with Crippen LogP contribution in [0.5, 0.6) is 0 Å². The van der Waals surface area contributed by atoms with E-state index in [0.717, 1.165) is 0 Å². The van der Waals surface area contributed by atoms with Gasteiger partial charge in [0.1, 0.15) is 11.5 Å². The van der Waals surface area contributed by atoms with Crippen LogP contribution >= 0.6 is 11.6 Å². The van der Waals surface area contributed by atoms with Gasteiger partial charge in [0.2, 0.25) is 0 Å². The molecule has 0 saturated carbocycles. The Balaban J connectivity index is 2.75. The maximum Gasteiger partial charge on any atom is 0.328 e. The molecule has 0 fully saturated rings. The maximum atomic E-state index is 10.7. The number of nitrogens with two attached hydrogens (primary N) is 1. The molecule has 1 rings (SSSR count). The van der Waals surface area contributed by atoms with Crippen LogP contribution in [0.3, 0.4) is 0 Å². The zero-order chi connectivity index (χ0) is 8.97. The Morgan fingerprint density at radius 3 is 3.08 bits per heavy atom. The van der Waals surface area contributed by atoms with Gasteiger partial charge in [0.15, 0.2) is 0 Å². The van der Waals surface area contributed by atoms with Gasteiger partial charge in [-0.15, -0.1) is 0 Å². The second-order valence-corrected chi connectivity index (χ2v) is 2.36. The molecule has 0 radical (unpaired) electrons. The van der Waals surface area contributed by atoms with Crippen molar-refractivity contribution >= 4 is 17.6 Å². The highest BCUT2D eigenvalue weighted by Gasteiger charge is 2.07. The maximum absolute atomic E-state index is 10.7. The number of carbonyl (C=O) groups excluding carboxylic acids is 1. The predicted octanol–water partition coefficient (Wildman–Crippen LogP) is 0.0894. The Morgan fingerprint density at radius 2 is 2.50 bits per heavy atom. The van der Waals surface area contributed by atoms with E-state index in [1.54, 1.807) is 0 Å². The molecule has 0 aliphatic carbocycles. The van der Waals surface area contributed by atoms with E-state index in [0.29, 0.717) is 5.56 Å². The smallest absolute Gasteiger partial charge is 0.328 e. The van der Waals surface area contributed by atoms with Crippen LogP contribution in [0.15, 0.2) is 12.5 Å². The standard InChI is InChI=1S/C6H6ClN3O2/c7-6-4(1-5(11)12-8)2-9-3-10-6/h2-3H,1,8H2. The summed E-state index contributed by atoms with van der Waals surface area (Å²) in [6, 6.07) is 0. The van der Waals surface area contributed by atoms with Crippen LogP contribution in [0.2, 0.25) is 5.15 Å². The first-order chi connectivity index (χ1) is 5.74. The highest BCUT2D eigenvalue weighted by molar-refractivity contribution is 6.30. The monoisotopic (exact) mass is 187 g/mol. The van der Waals surface area contributed by atoms with Crippen molar-refractivity contribution in [3.8, 4) is 0 Å². The Hall–Kier alpha value is -1.20. The second kappa shape index (κ2) is 3.99. The van der Waals surface area contributed by atoms with E-state index in [-0.39, 0.29) is 11.6 Å². The molecular weight excluding hydrogens is 182 g/mol. The van der Waals surface area contributed by atoms with Crippen LogP contribution in [-0.2, 0) is 16.1 Å².